The molecule has 0 heterocycles. The first-order chi connectivity index (χ1) is 8.55. The highest BCUT2D eigenvalue weighted by atomic mass is 19.1. The van der Waals surface area contributed by atoms with Crippen molar-refractivity contribution in [2.75, 3.05) is 12.4 Å². The number of methoxy groups -OCH3 is 1. The molecule has 2 atom stereocenters. The van der Waals surface area contributed by atoms with E-state index in [9.17, 15) is 9.18 Å². The number of rotatable bonds is 3. The van der Waals surface area contributed by atoms with Gasteiger partial charge in [-0.25, -0.2) is 9.18 Å². The van der Waals surface area contributed by atoms with Crippen LogP contribution in [0.25, 0.3) is 0 Å². The molecule has 2 unspecified atom stereocenters. The summed E-state index contributed by atoms with van der Waals surface area (Å²) >= 11 is 0. The third-order valence-corrected chi connectivity index (χ3v) is 3.56. The van der Waals surface area contributed by atoms with Crippen LogP contribution in [-0.4, -0.2) is 18.6 Å². The number of anilines is 1. The van der Waals surface area contributed by atoms with E-state index in [2.05, 4.69) is 12.2 Å². The number of halogens is 1. The van der Waals surface area contributed by atoms with Crippen LogP contribution in [0, 0.1) is 11.7 Å². The van der Waals surface area contributed by atoms with E-state index in [1.165, 1.54) is 19.2 Å². The Balaban J connectivity index is 2.20. The lowest BCUT2D eigenvalue weighted by atomic mass is 9.95. The standard InChI is InChI=1S/C14H18FNO2/c1-10-7-8-14(9-10,13(17)18-2)16-12-5-3-11(15)4-6-12/h3-6,10,16H,7-9H2,1-2H3. The third kappa shape index (κ3) is 2.47. The van der Waals surface area contributed by atoms with Gasteiger partial charge in [0, 0.05) is 5.69 Å². The number of esters is 1. The molecule has 0 radical (unpaired) electrons. The van der Waals surface area contributed by atoms with Gasteiger partial charge in [0.1, 0.15) is 11.4 Å². The van der Waals surface area contributed by atoms with E-state index < -0.39 is 5.54 Å². The molecule has 3 nitrogen and oxygen atoms in total. The SMILES string of the molecule is COC(=O)C1(Nc2ccc(F)cc2)CCC(C)C1. The second-order valence-electron chi connectivity index (χ2n) is 5.05. The van der Waals surface area contributed by atoms with Crippen LogP contribution >= 0.6 is 0 Å². The van der Waals surface area contributed by atoms with E-state index in [0.29, 0.717) is 5.92 Å². The van der Waals surface area contributed by atoms with Crippen molar-refractivity contribution in [3.8, 4) is 0 Å². The molecular weight excluding hydrogens is 233 g/mol. The van der Waals surface area contributed by atoms with Crippen LogP contribution in [-0.2, 0) is 9.53 Å². The lowest BCUT2D eigenvalue weighted by molar-refractivity contribution is -0.145. The fourth-order valence-electron chi connectivity index (χ4n) is 2.65. The molecule has 1 aromatic carbocycles. The van der Waals surface area contributed by atoms with Gasteiger partial charge in [-0.15, -0.1) is 0 Å². The van der Waals surface area contributed by atoms with Crippen LogP contribution in [0.2, 0.25) is 0 Å². The summed E-state index contributed by atoms with van der Waals surface area (Å²) in [5.41, 5.74) is 0.0855. The summed E-state index contributed by atoms with van der Waals surface area (Å²) in [5.74, 6) is -0.0410. The summed E-state index contributed by atoms with van der Waals surface area (Å²) < 4.78 is 17.8. The van der Waals surface area contributed by atoms with E-state index in [-0.39, 0.29) is 11.8 Å². The number of nitrogens with one attached hydrogen (secondary N) is 1. The van der Waals surface area contributed by atoms with Gasteiger partial charge in [-0.05, 0) is 49.4 Å². The number of benzene rings is 1. The Kier molecular flexibility index (Phi) is 3.55. The molecule has 0 aliphatic heterocycles. The zero-order chi connectivity index (χ0) is 13.2. The van der Waals surface area contributed by atoms with Gasteiger partial charge in [0.25, 0.3) is 0 Å². The Hall–Kier alpha value is -1.58. The second kappa shape index (κ2) is 4.96. The van der Waals surface area contributed by atoms with Gasteiger partial charge in [-0.2, -0.15) is 0 Å². The summed E-state index contributed by atoms with van der Waals surface area (Å²) in [6, 6.07) is 6.05. The van der Waals surface area contributed by atoms with Gasteiger partial charge in [0.15, 0.2) is 0 Å². The zero-order valence-electron chi connectivity index (χ0n) is 10.7. The Morgan fingerprint density at radius 2 is 2.11 bits per heavy atom. The van der Waals surface area contributed by atoms with Crippen LogP contribution in [0.3, 0.4) is 0 Å². The first-order valence-corrected chi connectivity index (χ1v) is 6.18. The van der Waals surface area contributed by atoms with Crippen LogP contribution < -0.4 is 5.32 Å². The van der Waals surface area contributed by atoms with Crippen molar-refractivity contribution < 1.29 is 13.9 Å². The highest BCUT2D eigenvalue weighted by Gasteiger charge is 2.45. The van der Waals surface area contributed by atoms with Gasteiger partial charge in [-0.1, -0.05) is 6.92 Å². The van der Waals surface area contributed by atoms with E-state index in [0.717, 1.165) is 24.9 Å². The molecule has 0 saturated heterocycles. The van der Waals surface area contributed by atoms with Gasteiger partial charge in [0.05, 0.1) is 7.11 Å². The largest absolute Gasteiger partial charge is 0.467 e. The van der Waals surface area contributed by atoms with Crippen molar-refractivity contribution in [2.24, 2.45) is 5.92 Å². The van der Waals surface area contributed by atoms with E-state index in [1.807, 2.05) is 0 Å². The van der Waals surface area contributed by atoms with Gasteiger partial charge < -0.3 is 10.1 Å². The van der Waals surface area contributed by atoms with Gasteiger partial charge >= 0.3 is 5.97 Å². The summed E-state index contributed by atoms with van der Waals surface area (Å²) in [6.07, 6.45) is 2.48. The van der Waals surface area contributed by atoms with Crippen molar-refractivity contribution in [3.05, 3.63) is 30.1 Å². The van der Waals surface area contributed by atoms with Crippen LogP contribution in [0.1, 0.15) is 26.2 Å². The quantitative estimate of drug-likeness (QED) is 0.839. The number of carbonyl (C=O) groups excluding carboxylic acids is 1. The average Bonchev–Trinajstić information content (AvgIpc) is 2.74. The molecule has 2 rings (SSSR count). The normalized spacial score (nSPS) is 26.9. The molecule has 0 spiro atoms. The number of hydrogen-bond donors (Lipinski definition) is 1. The first kappa shape index (κ1) is 12.9. The summed E-state index contributed by atoms with van der Waals surface area (Å²) in [5, 5.41) is 3.22. The van der Waals surface area contributed by atoms with E-state index >= 15 is 0 Å². The van der Waals surface area contributed by atoms with Gasteiger partial charge in [-0.3, -0.25) is 0 Å². The number of hydrogen-bond acceptors (Lipinski definition) is 3. The monoisotopic (exact) mass is 251 g/mol. The Labute approximate surface area is 106 Å². The van der Waals surface area contributed by atoms with Crippen molar-refractivity contribution in [1.82, 2.24) is 0 Å². The van der Waals surface area contributed by atoms with Crippen LogP contribution in [0.15, 0.2) is 24.3 Å². The molecule has 1 aromatic rings. The molecule has 0 amide bonds. The minimum atomic E-state index is -0.661. The number of carbonyl (C=O) groups is 1. The Bertz CT molecular complexity index is 432. The predicted octanol–water partition coefficient (Wildman–Crippen LogP) is 2.97. The minimum Gasteiger partial charge on any atom is -0.467 e. The molecule has 1 fully saturated rings. The van der Waals surface area contributed by atoms with Crippen LogP contribution in [0.5, 0.6) is 0 Å². The molecule has 1 aliphatic carbocycles. The Morgan fingerprint density at radius 3 is 2.61 bits per heavy atom. The highest BCUT2D eigenvalue weighted by Crippen LogP contribution is 2.37. The predicted molar refractivity (Wildman–Crippen MR) is 67.8 cm³/mol. The first-order valence-electron chi connectivity index (χ1n) is 6.18. The third-order valence-electron chi connectivity index (χ3n) is 3.56. The molecule has 1 aliphatic rings. The fraction of sp³-hybridized carbons (Fsp3) is 0.500. The molecule has 1 N–H and O–H groups in total. The Morgan fingerprint density at radius 1 is 1.44 bits per heavy atom. The van der Waals surface area contributed by atoms with Crippen molar-refractivity contribution in [2.45, 2.75) is 31.7 Å². The maximum Gasteiger partial charge on any atom is 0.331 e. The molecule has 0 aromatic heterocycles. The van der Waals surface area contributed by atoms with E-state index in [1.54, 1.807) is 12.1 Å². The van der Waals surface area contributed by atoms with Gasteiger partial charge in [0.2, 0.25) is 0 Å². The highest BCUT2D eigenvalue weighted by molar-refractivity contribution is 5.85. The smallest absolute Gasteiger partial charge is 0.331 e. The van der Waals surface area contributed by atoms with Crippen LogP contribution in [0.4, 0.5) is 10.1 Å². The zero-order valence-corrected chi connectivity index (χ0v) is 10.7. The van der Waals surface area contributed by atoms with Crippen molar-refractivity contribution >= 4 is 11.7 Å². The van der Waals surface area contributed by atoms with E-state index in [4.69, 9.17) is 4.74 Å². The summed E-state index contributed by atoms with van der Waals surface area (Å²) in [6.45, 7) is 2.12. The lowest BCUT2D eigenvalue weighted by Crippen LogP contribution is -2.45. The number of ether oxygens (including phenoxy) is 1. The maximum atomic E-state index is 12.9. The van der Waals surface area contributed by atoms with Crippen molar-refractivity contribution in [3.63, 3.8) is 0 Å². The summed E-state index contributed by atoms with van der Waals surface area (Å²) in [4.78, 5) is 12.0. The second-order valence-corrected chi connectivity index (χ2v) is 5.05. The maximum absolute atomic E-state index is 12.9. The topological polar surface area (TPSA) is 38.3 Å². The molecule has 1 saturated carbocycles. The molecule has 18 heavy (non-hydrogen) atoms. The minimum absolute atomic E-state index is 0.240. The van der Waals surface area contributed by atoms with Crippen molar-refractivity contribution in [1.29, 1.82) is 0 Å². The molecule has 0 bridgehead atoms. The molecule has 4 heteroatoms. The fourth-order valence-corrected chi connectivity index (χ4v) is 2.65. The molecular formula is C14H18FNO2. The molecule has 98 valence electrons. The average molecular weight is 251 g/mol. The summed E-state index contributed by atoms with van der Waals surface area (Å²) in [7, 11) is 1.40. The lowest BCUT2D eigenvalue weighted by Gasteiger charge is -2.28.